The Labute approximate surface area is 224 Å². The van der Waals surface area contributed by atoms with E-state index in [4.69, 9.17) is 23.2 Å². The van der Waals surface area contributed by atoms with Crippen LogP contribution >= 0.6 is 23.2 Å². The lowest BCUT2D eigenvalue weighted by atomic mass is 10.1. The average Bonchev–Trinajstić information content (AvgIpc) is 3.29. The van der Waals surface area contributed by atoms with Gasteiger partial charge < -0.3 is 10.2 Å². The number of benzene rings is 3. The third kappa shape index (κ3) is 6.56. The number of nitrogens with one attached hydrogen (secondary N) is 1. The molecule has 0 saturated heterocycles. The molecule has 0 aliphatic carbocycles. The normalized spacial score (nSPS) is 11.0. The van der Waals surface area contributed by atoms with Crippen LogP contribution in [0.2, 0.25) is 10.0 Å². The maximum Gasteiger partial charge on any atom is 0.254 e. The van der Waals surface area contributed by atoms with Gasteiger partial charge >= 0.3 is 0 Å². The first-order valence-corrected chi connectivity index (χ1v) is 12.4. The Kier molecular flexibility index (Phi) is 8.26. The van der Waals surface area contributed by atoms with Gasteiger partial charge in [0.05, 0.1) is 21.4 Å². The van der Waals surface area contributed by atoms with Crippen molar-refractivity contribution in [2.24, 2.45) is 5.92 Å². The predicted molar refractivity (Wildman–Crippen MR) is 145 cm³/mol. The molecular formula is C28H25Cl2FN4O2. The summed E-state index contributed by atoms with van der Waals surface area (Å²) in [6.07, 6.45) is 0. The van der Waals surface area contributed by atoms with Crippen LogP contribution in [0.3, 0.4) is 0 Å². The minimum absolute atomic E-state index is 0.119. The number of nitrogens with zero attached hydrogens (tertiary/aromatic N) is 3. The first-order chi connectivity index (χ1) is 17.7. The van der Waals surface area contributed by atoms with Gasteiger partial charge in [0.25, 0.3) is 5.91 Å². The zero-order chi connectivity index (χ0) is 26.5. The molecular weight excluding hydrogens is 514 g/mol. The smallest absolute Gasteiger partial charge is 0.254 e. The van der Waals surface area contributed by atoms with Crippen LogP contribution in [0, 0.1) is 11.7 Å². The summed E-state index contributed by atoms with van der Waals surface area (Å²) in [7, 11) is 0. The molecule has 0 saturated carbocycles. The lowest BCUT2D eigenvalue weighted by molar-refractivity contribution is -0.117. The van der Waals surface area contributed by atoms with Crippen molar-refractivity contribution in [1.29, 1.82) is 0 Å². The van der Waals surface area contributed by atoms with Crippen molar-refractivity contribution in [2.45, 2.75) is 13.8 Å². The molecule has 37 heavy (non-hydrogen) atoms. The van der Waals surface area contributed by atoms with Gasteiger partial charge in [-0.15, -0.1) is 0 Å². The molecule has 9 heteroatoms. The van der Waals surface area contributed by atoms with E-state index in [1.54, 1.807) is 30.3 Å². The molecule has 1 heterocycles. The van der Waals surface area contributed by atoms with Gasteiger partial charge in [-0.25, -0.2) is 9.07 Å². The molecule has 0 aliphatic rings. The summed E-state index contributed by atoms with van der Waals surface area (Å²) in [4.78, 5) is 27.9. The highest BCUT2D eigenvalue weighted by Gasteiger charge is 2.22. The third-order valence-corrected chi connectivity index (χ3v) is 6.23. The zero-order valence-electron chi connectivity index (χ0n) is 20.3. The number of anilines is 1. The highest BCUT2D eigenvalue weighted by atomic mass is 35.5. The summed E-state index contributed by atoms with van der Waals surface area (Å²) in [5.41, 5.74) is 2.40. The van der Waals surface area contributed by atoms with Gasteiger partial charge in [-0.05, 0) is 48.4 Å². The standard InChI is InChI=1S/C28H25Cl2FN4O2/c1-18(2)16-34(28(37)20-8-13-23(29)24(30)14-20)17-27(36)32-26-15-25(19-6-4-3-5-7-19)33-35(26)22-11-9-21(31)10-12-22/h3-15,18H,16-17H2,1-2H3,(H,32,36). The minimum atomic E-state index is -0.406. The van der Waals surface area contributed by atoms with E-state index >= 15 is 0 Å². The van der Waals surface area contributed by atoms with E-state index in [1.807, 2.05) is 44.2 Å². The summed E-state index contributed by atoms with van der Waals surface area (Å²) < 4.78 is 15.1. The zero-order valence-corrected chi connectivity index (χ0v) is 21.8. The highest BCUT2D eigenvalue weighted by molar-refractivity contribution is 6.42. The first kappa shape index (κ1) is 26.4. The molecule has 0 spiro atoms. The van der Waals surface area contributed by atoms with Crippen LogP contribution in [0.25, 0.3) is 16.9 Å². The van der Waals surface area contributed by atoms with Crippen molar-refractivity contribution in [3.8, 4) is 16.9 Å². The molecule has 0 atom stereocenters. The molecule has 6 nitrogen and oxygen atoms in total. The molecule has 0 unspecified atom stereocenters. The molecule has 3 aromatic carbocycles. The monoisotopic (exact) mass is 538 g/mol. The second kappa shape index (κ2) is 11.6. The number of hydrogen-bond donors (Lipinski definition) is 1. The van der Waals surface area contributed by atoms with Crippen molar-refractivity contribution in [1.82, 2.24) is 14.7 Å². The van der Waals surface area contributed by atoms with Crippen LogP contribution in [0.1, 0.15) is 24.2 Å². The fraction of sp³-hybridized carbons (Fsp3) is 0.179. The van der Waals surface area contributed by atoms with Gasteiger partial charge in [0.15, 0.2) is 0 Å². The Balaban J connectivity index is 1.61. The second-order valence-corrected chi connectivity index (χ2v) is 9.74. The maximum atomic E-state index is 13.5. The van der Waals surface area contributed by atoms with Crippen molar-refractivity contribution in [3.63, 3.8) is 0 Å². The Morgan fingerprint density at radius 1 is 0.973 bits per heavy atom. The summed E-state index contributed by atoms with van der Waals surface area (Å²) in [5.74, 6) is -0.609. The van der Waals surface area contributed by atoms with E-state index in [0.29, 0.717) is 34.3 Å². The topological polar surface area (TPSA) is 67.2 Å². The third-order valence-electron chi connectivity index (χ3n) is 5.49. The maximum absolute atomic E-state index is 13.5. The van der Waals surface area contributed by atoms with Crippen LogP contribution in [-0.2, 0) is 4.79 Å². The first-order valence-electron chi connectivity index (χ1n) is 11.7. The lowest BCUT2D eigenvalue weighted by Gasteiger charge is -2.24. The van der Waals surface area contributed by atoms with Crippen LogP contribution in [0.4, 0.5) is 10.2 Å². The van der Waals surface area contributed by atoms with Crippen LogP contribution in [-0.4, -0.2) is 39.6 Å². The van der Waals surface area contributed by atoms with E-state index in [-0.39, 0.29) is 29.2 Å². The summed E-state index contributed by atoms with van der Waals surface area (Å²) >= 11 is 12.1. The van der Waals surface area contributed by atoms with Gasteiger partial charge in [0.2, 0.25) is 5.91 Å². The van der Waals surface area contributed by atoms with Crippen molar-refractivity contribution in [3.05, 3.63) is 100 Å². The Morgan fingerprint density at radius 3 is 2.32 bits per heavy atom. The van der Waals surface area contributed by atoms with Gasteiger partial charge in [-0.1, -0.05) is 67.4 Å². The molecule has 0 radical (unpaired) electrons. The Hall–Kier alpha value is -3.68. The molecule has 2 amide bonds. The summed E-state index contributed by atoms with van der Waals surface area (Å²) in [5, 5.41) is 8.11. The molecule has 0 bridgehead atoms. The number of carbonyl (C=O) groups excluding carboxylic acids is 2. The highest BCUT2D eigenvalue weighted by Crippen LogP contribution is 2.26. The number of rotatable bonds is 8. The second-order valence-electron chi connectivity index (χ2n) is 8.93. The summed E-state index contributed by atoms with van der Waals surface area (Å²) in [6, 6.07) is 21.7. The molecule has 0 aliphatic heterocycles. The number of halogens is 3. The van der Waals surface area contributed by atoms with Crippen molar-refractivity contribution < 1.29 is 14.0 Å². The number of aromatic nitrogens is 2. The fourth-order valence-corrected chi connectivity index (χ4v) is 4.12. The Bertz CT molecular complexity index is 1410. The van der Waals surface area contributed by atoms with E-state index < -0.39 is 5.91 Å². The van der Waals surface area contributed by atoms with Crippen LogP contribution in [0.5, 0.6) is 0 Å². The minimum Gasteiger partial charge on any atom is -0.329 e. The molecule has 1 aromatic heterocycles. The Morgan fingerprint density at radius 2 is 1.68 bits per heavy atom. The van der Waals surface area contributed by atoms with Gasteiger partial charge in [0.1, 0.15) is 18.2 Å². The molecule has 1 N–H and O–H groups in total. The lowest BCUT2D eigenvalue weighted by Crippen LogP contribution is -2.40. The SMILES string of the molecule is CC(C)CN(CC(=O)Nc1cc(-c2ccccc2)nn1-c1ccc(F)cc1)C(=O)c1ccc(Cl)c(Cl)c1. The molecule has 190 valence electrons. The number of carbonyl (C=O) groups is 2. The van der Waals surface area contributed by atoms with E-state index in [1.165, 1.54) is 27.8 Å². The van der Waals surface area contributed by atoms with E-state index in [2.05, 4.69) is 10.4 Å². The quantitative estimate of drug-likeness (QED) is 0.270. The van der Waals surface area contributed by atoms with E-state index in [9.17, 15) is 14.0 Å². The molecule has 4 aromatic rings. The molecule has 4 rings (SSSR count). The van der Waals surface area contributed by atoms with Gasteiger partial charge in [-0.3, -0.25) is 9.59 Å². The number of amides is 2. The fourth-order valence-electron chi connectivity index (χ4n) is 3.83. The number of hydrogen-bond acceptors (Lipinski definition) is 3. The van der Waals surface area contributed by atoms with Crippen LogP contribution in [0.15, 0.2) is 78.9 Å². The van der Waals surface area contributed by atoms with Crippen molar-refractivity contribution >= 4 is 40.8 Å². The van der Waals surface area contributed by atoms with Gasteiger partial charge in [-0.2, -0.15) is 5.10 Å². The van der Waals surface area contributed by atoms with Crippen molar-refractivity contribution in [2.75, 3.05) is 18.4 Å². The average molecular weight is 539 g/mol. The summed E-state index contributed by atoms with van der Waals surface area (Å²) in [6.45, 7) is 4.09. The predicted octanol–water partition coefficient (Wildman–Crippen LogP) is 6.72. The van der Waals surface area contributed by atoms with Gasteiger partial charge in [0, 0.05) is 23.7 Å². The largest absolute Gasteiger partial charge is 0.329 e. The van der Waals surface area contributed by atoms with Crippen LogP contribution < -0.4 is 5.32 Å². The van der Waals surface area contributed by atoms with E-state index in [0.717, 1.165) is 5.56 Å². The molecule has 0 fully saturated rings.